The summed E-state index contributed by atoms with van der Waals surface area (Å²) in [6.07, 6.45) is 0. The molecule has 0 aliphatic carbocycles. The largest absolute Gasteiger partial charge is 0.378 e. The fourth-order valence-electron chi connectivity index (χ4n) is 1.68. The standard InChI is InChI=1S/C14H20O3/c1-4-16-11-14(3,17-5-2)13(15)12-9-7-6-8-10-12/h6-10H,4-5,11H2,1-3H3. The molecular weight excluding hydrogens is 216 g/mol. The minimum Gasteiger partial charge on any atom is -0.378 e. The third-order valence-corrected chi connectivity index (χ3v) is 2.56. The molecule has 1 rings (SSSR count). The molecular formula is C14H20O3. The minimum absolute atomic E-state index is 0.0339. The molecule has 3 nitrogen and oxygen atoms in total. The van der Waals surface area contributed by atoms with Gasteiger partial charge < -0.3 is 9.47 Å². The summed E-state index contributed by atoms with van der Waals surface area (Å²) in [4.78, 5) is 12.4. The molecule has 0 saturated heterocycles. The van der Waals surface area contributed by atoms with E-state index in [2.05, 4.69) is 0 Å². The van der Waals surface area contributed by atoms with Gasteiger partial charge in [-0.2, -0.15) is 0 Å². The maximum Gasteiger partial charge on any atom is 0.196 e. The second kappa shape index (κ2) is 6.52. The smallest absolute Gasteiger partial charge is 0.196 e. The molecule has 0 saturated carbocycles. The fraction of sp³-hybridized carbons (Fsp3) is 0.500. The Bertz CT molecular complexity index is 348. The van der Waals surface area contributed by atoms with Crippen LogP contribution in [0.4, 0.5) is 0 Å². The quantitative estimate of drug-likeness (QED) is 0.683. The van der Waals surface area contributed by atoms with Crippen LogP contribution in [0.15, 0.2) is 30.3 Å². The number of benzene rings is 1. The SMILES string of the molecule is CCOCC(C)(OCC)C(=O)c1ccccc1. The third kappa shape index (κ3) is 3.65. The van der Waals surface area contributed by atoms with E-state index in [1.54, 1.807) is 19.1 Å². The molecule has 0 aromatic heterocycles. The summed E-state index contributed by atoms with van der Waals surface area (Å²) in [5, 5.41) is 0. The van der Waals surface area contributed by atoms with Gasteiger partial charge in [0.05, 0.1) is 6.61 Å². The first kappa shape index (κ1) is 13.9. The zero-order valence-electron chi connectivity index (χ0n) is 10.7. The van der Waals surface area contributed by atoms with Gasteiger partial charge in [-0.1, -0.05) is 30.3 Å². The van der Waals surface area contributed by atoms with Crippen LogP contribution in [0.3, 0.4) is 0 Å². The van der Waals surface area contributed by atoms with Crippen molar-refractivity contribution in [2.24, 2.45) is 0 Å². The van der Waals surface area contributed by atoms with Crippen LogP contribution >= 0.6 is 0 Å². The molecule has 0 radical (unpaired) electrons. The summed E-state index contributed by atoms with van der Waals surface area (Å²) in [5.41, 5.74) is -0.241. The average Bonchev–Trinajstić information content (AvgIpc) is 2.37. The van der Waals surface area contributed by atoms with Gasteiger partial charge >= 0.3 is 0 Å². The summed E-state index contributed by atoms with van der Waals surface area (Å²) in [7, 11) is 0. The molecule has 0 spiro atoms. The number of rotatable bonds is 7. The van der Waals surface area contributed by atoms with Gasteiger partial charge in [-0.15, -0.1) is 0 Å². The van der Waals surface area contributed by atoms with E-state index in [1.807, 2.05) is 32.0 Å². The average molecular weight is 236 g/mol. The van der Waals surface area contributed by atoms with E-state index in [0.717, 1.165) is 0 Å². The van der Waals surface area contributed by atoms with Gasteiger partial charge in [0.2, 0.25) is 0 Å². The fourth-order valence-corrected chi connectivity index (χ4v) is 1.68. The van der Waals surface area contributed by atoms with Crippen LogP contribution in [0.2, 0.25) is 0 Å². The van der Waals surface area contributed by atoms with Gasteiger partial charge in [0.15, 0.2) is 11.4 Å². The normalized spacial score (nSPS) is 14.3. The first-order chi connectivity index (χ1) is 8.14. The Morgan fingerprint density at radius 1 is 1.18 bits per heavy atom. The molecule has 17 heavy (non-hydrogen) atoms. The molecule has 0 fully saturated rings. The lowest BCUT2D eigenvalue weighted by atomic mass is 9.95. The molecule has 0 heterocycles. The first-order valence-corrected chi connectivity index (χ1v) is 5.95. The van der Waals surface area contributed by atoms with Crippen LogP contribution in [0.25, 0.3) is 0 Å². The van der Waals surface area contributed by atoms with E-state index in [9.17, 15) is 4.79 Å². The van der Waals surface area contributed by atoms with E-state index in [4.69, 9.17) is 9.47 Å². The second-order valence-corrected chi connectivity index (χ2v) is 4.00. The number of ether oxygens (including phenoxy) is 2. The van der Waals surface area contributed by atoms with Crippen LogP contribution in [0.1, 0.15) is 31.1 Å². The van der Waals surface area contributed by atoms with E-state index in [1.165, 1.54) is 0 Å². The van der Waals surface area contributed by atoms with Crippen molar-refractivity contribution in [1.29, 1.82) is 0 Å². The second-order valence-electron chi connectivity index (χ2n) is 4.00. The number of hydrogen-bond donors (Lipinski definition) is 0. The van der Waals surface area contributed by atoms with Gasteiger partial charge in [-0.25, -0.2) is 0 Å². The lowest BCUT2D eigenvalue weighted by molar-refractivity contribution is -0.0579. The highest BCUT2D eigenvalue weighted by molar-refractivity contribution is 6.02. The van der Waals surface area contributed by atoms with Crippen molar-refractivity contribution in [3.8, 4) is 0 Å². The highest BCUT2D eigenvalue weighted by Crippen LogP contribution is 2.18. The summed E-state index contributed by atoms with van der Waals surface area (Å²) in [6.45, 7) is 6.90. The maximum absolute atomic E-state index is 12.4. The Balaban J connectivity index is 2.86. The van der Waals surface area contributed by atoms with Crippen LogP contribution in [0.5, 0.6) is 0 Å². The monoisotopic (exact) mass is 236 g/mol. The zero-order chi connectivity index (χ0) is 12.7. The van der Waals surface area contributed by atoms with Crippen molar-refractivity contribution in [3.05, 3.63) is 35.9 Å². The number of carbonyl (C=O) groups excluding carboxylic acids is 1. The Morgan fingerprint density at radius 3 is 2.35 bits per heavy atom. The van der Waals surface area contributed by atoms with Gasteiger partial charge in [0.25, 0.3) is 0 Å². The molecule has 0 aliphatic rings. The van der Waals surface area contributed by atoms with Crippen molar-refractivity contribution in [1.82, 2.24) is 0 Å². The molecule has 1 atom stereocenters. The molecule has 0 amide bonds. The van der Waals surface area contributed by atoms with Gasteiger partial charge in [0, 0.05) is 18.8 Å². The predicted molar refractivity (Wildman–Crippen MR) is 67.3 cm³/mol. The maximum atomic E-state index is 12.4. The van der Waals surface area contributed by atoms with Gasteiger partial charge in [-0.05, 0) is 20.8 Å². The van der Waals surface area contributed by atoms with Crippen molar-refractivity contribution in [3.63, 3.8) is 0 Å². The van der Waals surface area contributed by atoms with E-state index >= 15 is 0 Å². The van der Waals surface area contributed by atoms with E-state index < -0.39 is 5.60 Å². The Labute approximate surface area is 103 Å². The lowest BCUT2D eigenvalue weighted by Gasteiger charge is -2.27. The molecule has 0 bridgehead atoms. The number of ketones is 1. The van der Waals surface area contributed by atoms with E-state index in [0.29, 0.717) is 18.8 Å². The van der Waals surface area contributed by atoms with E-state index in [-0.39, 0.29) is 12.4 Å². The highest BCUT2D eigenvalue weighted by atomic mass is 16.5. The summed E-state index contributed by atoms with van der Waals surface area (Å²) >= 11 is 0. The Hall–Kier alpha value is -1.19. The van der Waals surface area contributed by atoms with Crippen LogP contribution in [0, 0.1) is 0 Å². The number of hydrogen-bond acceptors (Lipinski definition) is 3. The van der Waals surface area contributed by atoms with Crippen LogP contribution in [-0.2, 0) is 9.47 Å². The highest BCUT2D eigenvalue weighted by Gasteiger charge is 2.34. The lowest BCUT2D eigenvalue weighted by Crippen LogP contribution is -2.43. The van der Waals surface area contributed by atoms with Crippen molar-refractivity contribution in [2.45, 2.75) is 26.4 Å². The van der Waals surface area contributed by atoms with Crippen molar-refractivity contribution in [2.75, 3.05) is 19.8 Å². The summed E-state index contributed by atoms with van der Waals surface area (Å²) < 4.78 is 10.9. The topological polar surface area (TPSA) is 35.5 Å². The first-order valence-electron chi connectivity index (χ1n) is 5.95. The molecule has 0 aliphatic heterocycles. The number of Topliss-reactive ketones (excluding diaryl/α,β-unsaturated/α-hetero) is 1. The molecule has 3 heteroatoms. The summed E-state index contributed by atoms with van der Waals surface area (Å²) in [5.74, 6) is -0.0339. The molecule has 1 aromatic rings. The van der Waals surface area contributed by atoms with Gasteiger partial charge in [-0.3, -0.25) is 4.79 Å². The molecule has 1 aromatic carbocycles. The van der Waals surface area contributed by atoms with Crippen molar-refractivity contribution >= 4 is 5.78 Å². The Morgan fingerprint density at radius 2 is 1.82 bits per heavy atom. The van der Waals surface area contributed by atoms with Crippen molar-refractivity contribution < 1.29 is 14.3 Å². The number of carbonyl (C=O) groups is 1. The zero-order valence-corrected chi connectivity index (χ0v) is 10.7. The third-order valence-electron chi connectivity index (χ3n) is 2.56. The molecule has 0 N–H and O–H groups in total. The molecule has 94 valence electrons. The summed E-state index contributed by atoms with van der Waals surface area (Å²) in [6, 6.07) is 9.18. The van der Waals surface area contributed by atoms with Crippen LogP contribution < -0.4 is 0 Å². The van der Waals surface area contributed by atoms with Gasteiger partial charge in [0.1, 0.15) is 0 Å². The van der Waals surface area contributed by atoms with Crippen LogP contribution in [-0.4, -0.2) is 31.2 Å². The molecule has 1 unspecified atom stereocenters. The predicted octanol–water partition coefficient (Wildman–Crippen LogP) is 2.70. The Kier molecular flexibility index (Phi) is 5.32. The minimum atomic E-state index is -0.897.